The average Bonchev–Trinajstić information content (AvgIpc) is 3.34. The minimum atomic E-state index is 0.345. The Kier molecular flexibility index (Phi) is 4.02. The van der Waals surface area contributed by atoms with E-state index in [4.69, 9.17) is 0 Å². The Morgan fingerprint density at radius 2 is 1.11 bits per heavy atom. The van der Waals surface area contributed by atoms with Gasteiger partial charge < -0.3 is 9.97 Å². The maximum atomic E-state index is 3.47. The molecule has 0 fully saturated rings. The van der Waals surface area contributed by atoms with Crippen LogP contribution in [0.3, 0.4) is 0 Å². The summed E-state index contributed by atoms with van der Waals surface area (Å²) in [5.74, 6) is 0.345. The average molecular weight is 350 g/mol. The molecule has 0 bridgehead atoms. The summed E-state index contributed by atoms with van der Waals surface area (Å²) in [5.41, 5.74) is 6.56. The second-order valence-electron chi connectivity index (χ2n) is 7.16. The molecule has 0 unspecified atom stereocenters. The van der Waals surface area contributed by atoms with Crippen molar-refractivity contribution in [1.29, 1.82) is 0 Å². The first kappa shape index (κ1) is 16.0. The lowest BCUT2D eigenvalue weighted by molar-refractivity contribution is 0.724. The fraction of sp³-hybridized carbons (Fsp3) is 0.120. The molecule has 132 valence electrons. The van der Waals surface area contributed by atoms with Gasteiger partial charge in [0.2, 0.25) is 0 Å². The number of hydrogen-bond acceptors (Lipinski definition) is 0. The first-order valence-electron chi connectivity index (χ1n) is 9.56. The molecule has 0 aliphatic heterocycles. The van der Waals surface area contributed by atoms with Gasteiger partial charge in [0, 0.05) is 40.1 Å². The molecular weight excluding hydrogens is 328 g/mol. The molecule has 0 aliphatic rings. The molecule has 5 aromatic rings. The molecule has 27 heavy (non-hydrogen) atoms. The summed E-state index contributed by atoms with van der Waals surface area (Å²) >= 11 is 0. The van der Waals surface area contributed by atoms with Crippen LogP contribution in [-0.4, -0.2) is 9.97 Å². The summed E-state index contributed by atoms with van der Waals surface area (Å²) in [6, 6.07) is 28.0. The van der Waals surface area contributed by atoms with Gasteiger partial charge in [0.05, 0.1) is 0 Å². The molecule has 2 aromatic heterocycles. The predicted molar refractivity (Wildman–Crippen MR) is 113 cm³/mol. The van der Waals surface area contributed by atoms with Crippen LogP contribution in [0.1, 0.15) is 29.0 Å². The maximum Gasteiger partial charge on any atom is 0.0457 e. The highest BCUT2D eigenvalue weighted by Crippen LogP contribution is 2.37. The Morgan fingerprint density at radius 1 is 0.593 bits per heavy atom. The Balaban J connectivity index is 1.61. The normalized spacial score (nSPS) is 11.6. The van der Waals surface area contributed by atoms with Crippen molar-refractivity contribution >= 4 is 21.8 Å². The Hall–Kier alpha value is -3.26. The van der Waals surface area contributed by atoms with E-state index in [0.717, 1.165) is 12.8 Å². The predicted octanol–water partition coefficient (Wildman–Crippen LogP) is 6.41. The van der Waals surface area contributed by atoms with Crippen molar-refractivity contribution in [3.63, 3.8) is 0 Å². The van der Waals surface area contributed by atoms with Crippen LogP contribution in [0.2, 0.25) is 0 Å². The Morgan fingerprint density at radius 3 is 1.70 bits per heavy atom. The fourth-order valence-electron chi connectivity index (χ4n) is 4.20. The highest BCUT2D eigenvalue weighted by molar-refractivity contribution is 5.88. The number of para-hydroxylation sites is 2. The molecule has 3 aromatic carbocycles. The minimum absolute atomic E-state index is 0.345. The van der Waals surface area contributed by atoms with Crippen LogP contribution in [0.5, 0.6) is 0 Å². The molecule has 2 heteroatoms. The fourth-order valence-corrected chi connectivity index (χ4v) is 4.20. The van der Waals surface area contributed by atoms with E-state index < -0.39 is 0 Å². The molecule has 0 saturated heterocycles. The van der Waals surface area contributed by atoms with Crippen molar-refractivity contribution in [2.45, 2.75) is 18.8 Å². The zero-order valence-corrected chi connectivity index (χ0v) is 15.2. The number of aromatic nitrogens is 2. The number of aryl methyl sites for hydroxylation is 1. The zero-order chi connectivity index (χ0) is 18.1. The number of hydrogen-bond donors (Lipinski definition) is 2. The quantitative estimate of drug-likeness (QED) is 0.367. The number of benzene rings is 3. The molecule has 0 aliphatic carbocycles. The van der Waals surface area contributed by atoms with Crippen LogP contribution in [0.4, 0.5) is 0 Å². The van der Waals surface area contributed by atoms with Gasteiger partial charge in [-0.05, 0) is 41.7 Å². The molecular formula is C25H22N2. The van der Waals surface area contributed by atoms with Crippen LogP contribution in [0.15, 0.2) is 91.3 Å². The monoisotopic (exact) mass is 350 g/mol. The molecule has 0 amide bonds. The highest BCUT2D eigenvalue weighted by atomic mass is 14.7. The second kappa shape index (κ2) is 6.81. The van der Waals surface area contributed by atoms with Crippen LogP contribution in [0.25, 0.3) is 21.8 Å². The van der Waals surface area contributed by atoms with Gasteiger partial charge in [0.25, 0.3) is 0 Å². The zero-order valence-electron chi connectivity index (χ0n) is 15.2. The lowest BCUT2D eigenvalue weighted by atomic mass is 9.86. The largest absolute Gasteiger partial charge is 0.361 e. The number of aromatic amines is 2. The van der Waals surface area contributed by atoms with Gasteiger partial charge in [-0.2, -0.15) is 0 Å². The van der Waals surface area contributed by atoms with Crippen LogP contribution in [-0.2, 0) is 6.42 Å². The van der Waals surface area contributed by atoms with E-state index in [2.05, 4.69) is 101 Å². The Labute approximate surface area is 158 Å². The van der Waals surface area contributed by atoms with E-state index in [1.165, 1.54) is 38.5 Å². The molecule has 0 saturated carbocycles. The SMILES string of the molecule is c1ccc(CCC(c2c[nH]c3ccccc23)c2c[nH]c3ccccc23)cc1. The summed E-state index contributed by atoms with van der Waals surface area (Å²) in [6.45, 7) is 0. The molecule has 0 radical (unpaired) electrons. The topological polar surface area (TPSA) is 31.6 Å². The van der Waals surface area contributed by atoms with Crippen molar-refractivity contribution < 1.29 is 0 Å². The van der Waals surface area contributed by atoms with Crippen LogP contribution < -0.4 is 0 Å². The van der Waals surface area contributed by atoms with Crippen molar-refractivity contribution in [3.05, 3.63) is 108 Å². The smallest absolute Gasteiger partial charge is 0.0457 e. The van der Waals surface area contributed by atoms with Gasteiger partial charge in [-0.1, -0.05) is 66.7 Å². The third-order valence-electron chi connectivity index (χ3n) is 5.56. The third kappa shape index (κ3) is 2.93. The lowest BCUT2D eigenvalue weighted by Gasteiger charge is -2.17. The summed E-state index contributed by atoms with van der Waals surface area (Å²) < 4.78 is 0. The molecule has 2 heterocycles. The van der Waals surface area contributed by atoms with Gasteiger partial charge in [0.1, 0.15) is 0 Å². The van der Waals surface area contributed by atoms with Crippen molar-refractivity contribution in [1.82, 2.24) is 9.97 Å². The minimum Gasteiger partial charge on any atom is -0.361 e. The highest BCUT2D eigenvalue weighted by Gasteiger charge is 2.21. The molecule has 2 nitrogen and oxygen atoms in total. The van der Waals surface area contributed by atoms with Gasteiger partial charge in [0.15, 0.2) is 0 Å². The number of H-pyrrole nitrogens is 2. The van der Waals surface area contributed by atoms with Gasteiger partial charge in [-0.3, -0.25) is 0 Å². The van der Waals surface area contributed by atoms with E-state index in [1.54, 1.807) is 0 Å². The second-order valence-corrected chi connectivity index (χ2v) is 7.16. The van der Waals surface area contributed by atoms with E-state index in [1.807, 2.05) is 0 Å². The number of fused-ring (bicyclic) bond motifs is 2. The lowest BCUT2D eigenvalue weighted by Crippen LogP contribution is -2.02. The maximum absolute atomic E-state index is 3.47. The van der Waals surface area contributed by atoms with E-state index >= 15 is 0 Å². The summed E-state index contributed by atoms with van der Waals surface area (Å²) in [4.78, 5) is 6.93. The van der Waals surface area contributed by atoms with Gasteiger partial charge in [-0.15, -0.1) is 0 Å². The van der Waals surface area contributed by atoms with Crippen molar-refractivity contribution in [2.75, 3.05) is 0 Å². The van der Waals surface area contributed by atoms with E-state index in [9.17, 15) is 0 Å². The first-order chi connectivity index (χ1) is 13.4. The van der Waals surface area contributed by atoms with Crippen LogP contribution in [0, 0.1) is 0 Å². The van der Waals surface area contributed by atoms with E-state index in [0.29, 0.717) is 5.92 Å². The molecule has 2 N–H and O–H groups in total. The third-order valence-corrected chi connectivity index (χ3v) is 5.56. The summed E-state index contributed by atoms with van der Waals surface area (Å²) in [5, 5.41) is 2.64. The van der Waals surface area contributed by atoms with Crippen molar-refractivity contribution in [2.24, 2.45) is 0 Å². The molecule has 0 atom stereocenters. The van der Waals surface area contributed by atoms with E-state index in [-0.39, 0.29) is 0 Å². The summed E-state index contributed by atoms with van der Waals surface area (Å²) in [6.07, 6.45) is 6.53. The van der Waals surface area contributed by atoms with Gasteiger partial charge >= 0.3 is 0 Å². The number of nitrogens with one attached hydrogen (secondary N) is 2. The first-order valence-corrected chi connectivity index (χ1v) is 9.56. The van der Waals surface area contributed by atoms with Gasteiger partial charge in [-0.25, -0.2) is 0 Å². The van der Waals surface area contributed by atoms with Crippen LogP contribution >= 0.6 is 0 Å². The summed E-state index contributed by atoms with van der Waals surface area (Å²) in [7, 11) is 0. The van der Waals surface area contributed by atoms with Crippen molar-refractivity contribution in [3.8, 4) is 0 Å². The number of rotatable bonds is 5. The molecule has 0 spiro atoms. The molecule has 5 rings (SSSR count). The standard InChI is InChI=1S/C25H22N2/c1-2-8-18(9-3-1)14-15-19(22-16-26-24-12-6-4-10-20(22)24)23-17-27-25-13-7-5-11-21(23)25/h1-13,16-17,19,26-27H,14-15H2. The Bertz CT molecular complexity index is 1110.